The fourth-order valence-corrected chi connectivity index (χ4v) is 2.13. The predicted molar refractivity (Wildman–Crippen MR) is 91.6 cm³/mol. The summed E-state index contributed by atoms with van der Waals surface area (Å²) in [5.41, 5.74) is 0. The Bertz CT molecular complexity index is 433. The Morgan fingerprint density at radius 2 is 1.04 bits per heavy atom. The van der Waals surface area contributed by atoms with Gasteiger partial charge in [0.05, 0.1) is 0 Å². The van der Waals surface area contributed by atoms with Crippen LogP contribution in [0, 0.1) is 0 Å². The largest absolute Gasteiger partial charge is 0.461 e. The summed E-state index contributed by atoms with van der Waals surface area (Å²) >= 11 is 0. The van der Waals surface area contributed by atoms with Crippen molar-refractivity contribution in [1.82, 2.24) is 0 Å². The highest BCUT2D eigenvalue weighted by Crippen LogP contribution is 2.39. The minimum absolute atomic E-state index is 0.403. The number of hydrogen-bond donors (Lipinski definition) is 0. The number of ether oxygens (including phenoxy) is 6. The summed E-state index contributed by atoms with van der Waals surface area (Å²) in [6.45, 7) is 12.9. The van der Waals surface area contributed by atoms with Gasteiger partial charge in [0.2, 0.25) is 5.75 Å². The summed E-state index contributed by atoms with van der Waals surface area (Å²) in [6.07, 6.45) is -1.24. The minimum atomic E-state index is -0.438. The Kier molecular flexibility index (Phi) is 9.52. The van der Waals surface area contributed by atoms with Crippen LogP contribution in [-0.4, -0.2) is 38.7 Å². The molecule has 6 heteroatoms. The van der Waals surface area contributed by atoms with Crippen LogP contribution in [0.3, 0.4) is 0 Å². The molecule has 0 heterocycles. The maximum Gasteiger partial charge on any atom is 0.206 e. The van der Waals surface area contributed by atoms with Gasteiger partial charge < -0.3 is 28.4 Å². The topological polar surface area (TPSA) is 55.4 Å². The van der Waals surface area contributed by atoms with Crippen LogP contribution in [-0.2, 0) is 14.2 Å². The quantitative estimate of drug-likeness (QED) is 0.536. The van der Waals surface area contributed by atoms with Crippen molar-refractivity contribution in [2.45, 2.75) is 60.4 Å². The molecule has 1 aromatic carbocycles. The molecule has 0 aliphatic heterocycles. The average molecular weight is 342 g/mol. The first-order valence-electron chi connectivity index (χ1n) is 8.49. The van der Waals surface area contributed by atoms with Crippen molar-refractivity contribution < 1.29 is 28.4 Å². The maximum absolute atomic E-state index is 5.89. The summed E-state index contributed by atoms with van der Waals surface area (Å²) in [5, 5.41) is 0. The average Bonchev–Trinajstić information content (AvgIpc) is 2.51. The molecular formula is C18H30O6. The van der Waals surface area contributed by atoms with Crippen molar-refractivity contribution in [3.8, 4) is 17.2 Å². The highest BCUT2D eigenvalue weighted by molar-refractivity contribution is 5.51. The summed E-state index contributed by atoms with van der Waals surface area (Å²) in [6, 6.07) is 5.45. The van der Waals surface area contributed by atoms with Gasteiger partial charge in [0.25, 0.3) is 0 Å². The van der Waals surface area contributed by atoms with E-state index in [2.05, 4.69) is 0 Å². The summed E-state index contributed by atoms with van der Waals surface area (Å²) in [5.74, 6) is 1.53. The normalized spacial score (nSPS) is 14.8. The molecule has 3 atom stereocenters. The van der Waals surface area contributed by atoms with Gasteiger partial charge in [0.1, 0.15) is 0 Å². The van der Waals surface area contributed by atoms with Crippen LogP contribution in [0.4, 0.5) is 0 Å². The van der Waals surface area contributed by atoms with E-state index in [1.54, 1.807) is 0 Å². The van der Waals surface area contributed by atoms with Crippen LogP contribution < -0.4 is 14.2 Å². The number of para-hydroxylation sites is 1. The lowest BCUT2D eigenvalue weighted by Gasteiger charge is -2.23. The van der Waals surface area contributed by atoms with Crippen molar-refractivity contribution in [3.63, 3.8) is 0 Å². The van der Waals surface area contributed by atoms with Crippen molar-refractivity contribution in [3.05, 3.63) is 18.2 Å². The molecule has 0 saturated carbocycles. The van der Waals surface area contributed by atoms with Gasteiger partial charge in [-0.25, -0.2) is 0 Å². The summed E-state index contributed by atoms with van der Waals surface area (Å²) in [7, 11) is 0. The Hall–Kier alpha value is -1.50. The van der Waals surface area contributed by atoms with Gasteiger partial charge in [0, 0.05) is 19.8 Å². The smallest absolute Gasteiger partial charge is 0.206 e. The zero-order chi connectivity index (χ0) is 17.9. The highest BCUT2D eigenvalue weighted by atomic mass is 16.7. The molecule has 3 unspecified atom stereocenters. The molecule has 0 aliphatic rings. The second-order valence-corrected chi connectivity index (χ2v) is 5.01. The molecule has 0 bridgehead atoms. The minimum Gasteiger partial charge on any atom is -0.461 e. The first-order valence-corrected chi connectivity index (χ1v) is 8.49. The van der Waals surface area contributed by atoms with Crippen LogP contribution in [0.15, 0.2) is 18.2 Å². The zero-order valence-corrected chi connectivity index (χ0v) is 15.5. The lowest BCUT2D eigenvalue weighted by atomic mass is 10.3. The third-order valence-corrected chi connectivity index (χ3v) is 3.02. The van der Waals surface area contributed by atoms with Gasteiger partial charge in [-0.2, -0.15) is 0 Å². The molecule has 6 nitrogen and oxygen atoms in total. The molecule has 0 aliphatic carbocycles. The van der Waals surface area contributed by atoms with E-state index in [1.165, 1.54) is 0 Å². The number of hydrogen-bond acceptors (Lipinski definition) is 6. The lowest BCUT2D eigenvalue weighted by molar-refractivity contribution is -0.0848. The molecule has 0 N–H and O–H groups in total. The monoisotopic (exact) mass is 342 g/mol. The molecule has 1 aromatic rings. The van der Waals surface area contributed by atoms with Gasteiger partial charge in [-0.1, -0.05) is 6.07 Å². The molecule has 1 rings (SSSR count). The fourth-order valence-electron chi connectivity index (χ4n) is 2.13. The molecule has 138 valence electrons. The second kappa shape index (κ2) is 11.1. The predicted octanol–water partition coefficient (Wildman–Crippen LogP) is 3.97. The molecule has 0 amide bonds. The molecule has 24 heavy (non-hydrogen) atoms. The summed E-state index contributed by atoms with van der Waals surface area (Å²) < 4.78 is 33.9. The maximum atomic E-state index is 5.89. The third-order valence-electron chi connectivity index (χ3n) is 3.02. The van der Waals surface area contributed by atoms with Crippen molar-refractivity contribution in [2.75, 3.05) is 19.8 Å². The van der Waals surface area contributed by atoms with E-state index in [0.717, 1.165) is 0 Å². The Balaban J connectivity index is 3.02. The molecular weight excluding hydrogens is 312 g/mol. The van der Waals surface area contributed by atoms with E-state index in [-0.39, 0.29) is 0 Å². The molecule has 0 spiro atoms. The molecule has 0 saturated heterocycles. The van der Waals surface area contributed by atoms with E-state index in [9.17, 15) is 0 Å². The number of benzene rings is 1. The fraction of sp³-hybridized carbons (Fsp3) is 0.667. The van der Waals surface area contributed by atoms with Gasteiger partial charge in [0.15, 0.2) is 30.4 Å². The van der Waals surface area contributed by atoms with Crippen LogP contribution >= 0.6 is 0 Å². The van der Waals surface area contributed by atoms with Crippen LogP contribution in [0.25, 0.3) is 0 Å². The standard InChI is InChI=1S/C18H30O6/c1-7-19-13(4)22-16-11-10-12-17(23-14(5)20-8-2)18(16)24-15(6)21-9-3/h10-15H,7-9H2,1-6H3. The van der Waals surface area contributed by atoms with E-state index in [0.29, 0.717) is 37.1 Å². The first-order chi connectivity index (χ1) is 11.5. The Morgan fingerprint density at radius 1 is 0.667 bits per heavy atom. The van der Waals surface area contributed by atoms with E-state index in [1.807, 2.05) is 59.7 Å². The second-order valence-electron chi connectivity index (χ2n) is 5.01. The zero-order valence-electron chi connectivity index (χ0n) is 15.5. The number of rotatable bonds is 12. The Labute approximate surface area is 144 Å². The van der Waals surface area contributed by atoms with Crippen LogP contribution in [0.5, 0.6) is 17.2 Å². The SMILES string of the molecule is CCOC(C)Oc1cccc(OC(C)OCC)c1OC(C)OCC. The van der Waals surface area contributed by atoms with Crippen molar-refractivity contribution in [1.29, 1.82) is 0 Å². The van der Waals surface area contributed by atoms with Gasteiger partial charge >= 0.3 is 0 Å². The van der Waals surface area contributed by atoms with E-state index < -0.39 is 18.9 Å². The van der Waals surface area contributed by atoms with Gasteiger partial charge in [-0.3, -0.25) is 0 Å². The molecule has 0 aromatic heterocycles. The summed E-state index contributed by atoms with van der Waals surface area (Å²) in [4.78, 5) is 0. The third kappa shape index (κ3) is 6.95. The van der Waals surface area contributed by atoms with Crippen molar-refractivity contribution >= 4 is 0 Å². The van der Waals surface area contributed by atoms with Gasteiger partial charge in [-0.15, -0.1) is 0 Å². The lowest BCUT2D eigenvalue weighted by Crippen LogP contribution is -2.21. The van der Waals surface area contributed by atoms with Crippen LogP contribution in [0.2, 0.25) is 0 Å². The van der Waals surface area contributed by atoms with Crippen molar-refractivity contribution in [2.24, 2.45) is 0 Å². The first kappa shape index (κ1) is 20.5. The molecule has 0 fully saturated rings. The highest BCUT2D eigenvalue weighted by Gasteiger charge is 2.19. The van der Waals surface area contributed by atoms with Crippen LogP contribution in [0.1, 0.15) is 41.5 Å². The molecule has 0 radical (unpaired) electrons. The Morgan fingerprint density at radius 3 is 1.42 bits per heavy atom. The van der Waals surface area contributed by atoms with Gasteiger partial charge in [-0.05, 0) is 53.7 Å². The van der Waals surface area contributed by atoms with E-state index >= 15 is 0 Å². The van der Waals surface area contributed by atoms with E-state index in [4.69, 9.17) is 28.4 Å².